The molecule has 0 bridgehead atoms. The summed E-state index contributed by atoms with van der Waals surface area (Å²) in [7, 11) is 0. The normalized spacial score (nSPS) is 14.4. The van der Waals surface area contributed by atoms with Crippen molar-refractivity contribution in [1.29, 1.82) is 0 Å². The number of rotatable bonds is 16. The summed E-state index contributed by atoms with van der Waals surface area (Å²) in [6, 6.07) is 3.49. The van der Waals surface area contributed by atoms with Crippen molar-refractivity contribution in [3.63, 3.8) is 0 Å². The highest BCUT2D eigenvalue weighted by atomic mass is 16.8. The maximum Gasteiger partial charge on any atom is 0.256 e. The summed E-state index contributed by atoms with van der Waals surface area (Å²) < 4.78 is 25.0. The van der Waals surface area contributed by atoms with Gasteiger partial charge in [-0.1, -0.05) is 18.2 Å². The highest BCUT2D eigenvalue weighted by Crippen LogP contribution is 2.35. The molecule has 0 aromatic carbocycles. The van der Waals surface area contributed by atoms with Gasteiger partial charge in [-0.25, -0.2) is 15.4 Å². The predicted molar refractivity (Wildman–Crippen MR) is 117 cm³/mol. The van der Waals surface area contributed by atoms with Crippen LogP contribution in [0.15, 0.2) is 56.4 Å². The van der Waals surface area contributed by atoms with Gasteiger partial charge in [0.1, 0.15) is 29.7 Å². The molecule has 0 spiro atoms. The van der Waals surface area contributed by atoms with E-state index in [0.717, 1.165) is 0 Å². The van der Waals surface area contributed by atoms with Gasteiger partial charge in [0, 0.05) is 0 Å². The Morgan fingerprint density at radius 2 is 1.74 bits per heavy atom. The largest absolute Gasteiger partial charge is 0.382 e. The molecule has 170 valence electrons. The number of aromatic nitrogens is 3. The van der Waals surface area contributed by atoms with Crippen LogP contribution < -0.4 is 11.6 Å². The van der Waals surface area contributed by atoms with Crippen molar-refractivity contribution in [3.05, 3.63) is 62.1 Å². The van der Waals surface area contributed by atoms with Crippen LogP contribution in [0.2, 0.25) is 0 Å². The van der Waals surface area contributed by atoms with Gasteiger partial charge >= 0.3 is 0 Å². The smallest absolute Gasteiger partial charge is 0.256 e. The molecular weight excluding hydrogens is 402 g/mol. The highest BCUT2D eigenvalue weighted by Gasteiger charge is 2.46. The molecule has 2 heterocycles. The van der Waals surface area contributed by atoms with Crippen molar-refractivity contribution in [3.8, 4) is 0 Å². The van der Waals surface area contributed by atoms with E-state index in [-0.39, 0.29) is 19.8 Å². The highest BCUT2D eigenvalue weighted by molar-refractivity contribution is 5.65. The lowest BCUT2D eigenvalue weighted by molar-refractivity contribution is -0.327. The maximum absolute atomic E-state index is 6.38. The average molecular weight is 434 g/mol. The number of hydrogen-bond donors (Lipinski definition) is 2. The van der Waals surface area contributed by atoms with Crippen molar-refractivity contribution in [2.24, 2.45) is 5.90 Å². The SMILES string of the molecule is C=CCOCC(COCC=C)OC(ON)(c1ccc2c(N)ncnn12)[C@H](C)OCC=C. The molecule has 10 heteroatoms. The van der Waals surface area contributed by atoms with Gasteiger partial charge in [0.05, 0.1) is 33.0 Å². The third kappa shape index (κ3) is 5.97. The van der Waals surface area contributed by atoms with Crippen LogP contribution in [0, 0.1) is 0 Å². The Hall–Kier alpha value is -2.60. The first-order chi connectivity index (χ1) is 15.0. The van der Waals surface area contributed by atoms with Crippen molar-refractivity contribution in [1.82, 2.24) is 14.6 Å². The van der Waals surface area contributed by atoms with E-state index >= 15 is 0 Å². The van der Waals surface area contributed by atoms with Crippen LogP contribution in [0.25, 0.3) is 5.52 Å². The third-order valence-electron chi connectivity index (χ3n) is 4.43. The minimum Gasteiger partial charge on any atom is -0.382 e. The zero-order chi connectivity index (χ0) is 22.7. The fourth-order valence-electron chi connectivity index (χ4n) is 3.02. The summed E-state index contributed by atoms with van der Waals surface area (Å²) in [5.74, 6) is 4.55. The molecule has 4 N–H and O–H groups in total. The molecule has 1 unspecified atom stereocenters. The van der Waals surface area contributed by atoms with Crippen molar-refractivity contribution in [2.45, 2.75) is 24.9 Å². The molecule has 2 atom stereocenters. The van der Waals surface area contributed by atoms with Crippen molar-refractivity contribution in [2.75, 3.05) is 38.8 Å². The molecule has 0 fully saturated rings. The Morgan fingerprint density at radius 3 is 2.32 bits per heavy atom. The maximum atomic E-state index is 6.38. The number of fused-ring (bicyclic) bond motifs is 1. The van der Waals surface area contributed by atoms with E-state index in [2.05, 4.69) is 29.8 Å². The van der Waals surface area contributed by atoms with Crippen LogP contribution in [-0.2, 0) is 29.6 Å². The molecule has 0 aliphatic carbocycles. The van der Waals surface area contributed by atoms with Gasteiger partial charge in [-0.3, -0.25) is 4.84 Å². The number of ether oxygens (including phenoxy) is 4. The van der Waals surface area contributed by atoms with E-state index in [1.165, 1.54) is 6.33 Å². The number of hydrogen-bond acceptors (Lipinski definition) is 9. The molecule has 0 aliphatic heterocycles. The van der Waals surface area contributed by atoms with Gasteiger partial charge in [-0.05, 0) is 19.1 Å². The second-order valence-corrected chi connectivity index (χ2v) is 6.60. The summed E-state index contributed by atoms with van der Waals surface area (Å²) >= 11 is 0. The second-order valence-electron chi connectivity index (χ2n) is 6.60. The lowest BCUT2D eigenvalue weighted by Gasteiger charge is -2.38. The molecule has 2 rings (SSSR count). The molecular formula is C21H31N5O5. The lowest BCUT2D eigenvalue weighted by atomic mass is 10.1. The van der Waals surface area contributed by atoms with E-state index in [1.807, 2.05) is 0 Å². The first-order valence-electron chi connectivity index (χ1n) is 9.78. The molecule has 0 radical (unpaired) electrons. The van der Waals surface area contributed by atoms with E-state index in [0.29, 0.717) is 30.2 Å². The summed E-state index contributed by atoms with van der Waals surface area (Å²) in [4.78, 5) is 9.49. The van der Waals surface area contributed by atoms with Crippen LogP contribution in [0.5, 0.6) is 0 Å². The lowest BCUT2D eigenvalue weighted by Crippen LogP contribution is -2.51. The Labute approximate surface area is 182 Å². The zero-order valence-electron chi connectivity index (χ0n) is 17.8. The van der Waals surface area contributed by atoms with E-state index in [4.69, 9.17) is 35.4 Å². The molecule has 2 aromatic heterocycles. The summed E-state index contributed by atoms with van der Waals surface area (Å²) in [5.41, 5.74) is 7.02. The standard InChI is InChI=1S/C21H31N5O5/c1-5-10-27-13-17(14-28-11-6-2)30-21(31-23,16(4)29-12-7-3)19-9-8-18-20(22)24-15-25-26(18)19/h5-9,15-17H,1-3,10-14,23H2,4H3,(H2,22,24,25)/t16-,21?/m0/s1. The van der Waals surface area contributed by atoms with Crippen LogP contribution in [-0.4, -0.2) is 59.8 Å². The topological polar surface area (TPSA) is 128 Å². The zero-order valence-corrected chi connectivity index (χ0v) is 17.8. The Balaban J connectivity index is 2.47. The fourth-order valence-corrected chi connectivity index (χ4v) is 3.02. The first-order valence-corrected chi connectivity index (χ1v) is 9.78. The number of nitrogens with zero attached hydrogens (tertiary/aromatic N) is 3. The van der Waals surface area contributed by atoms with Crippen molar-refractivity contribution < 1.29 is 23.8 Å². The molecule has 0 saturated carbocycles. The summed E-state index contributed by atoms with van der Waals surface area (Å²) in [6.45, 7) is 14.1. The molecule has 0 saturated heterocycles. The van der Waals surface area contributed by atoms with Crippen LogP contribution in [0.1, 0.15) is 12.6 Å². The summed E-state index contributed by atoms with van der Waals surface area (Å²) in [6.07, 6.45) is 5.00. The molecule has 10 nitrogen and oxygen atoms in total. The predicted octanol–water partition coefficient (Wildman–Crippen LogP) is 1.74. The van der Waals surface area contributed by atoms with Gasteiger partial charge in [-0.15, -0.1) is 19.7 Å². The Morgan fingerprint density at radius 1 is 1.10 bits per heavy atom. The Bertz CT molecular complexity index is 844. The minimum atomic E-state index is -1.57. The van der Waals surface area contributed by atoms with Gasteiger partial charge in [0.15, 0.2) is 5.82 Å². The minimum absolute atomic E-state index is 0.197. The number of anilines is 1. The van der Waals surface area contributed by atoms with Gasteiger partial charge in [-0.2, -0.15) is 5.10 Å². The van der Waals surface area contributed by atoms with Gasteiger partial charge in [0.2, 0.25) is 0 Å². The quantitative estimate of drug-likeness (QED) is 0.176. The molecule has 2 aromatic rings. The second kappa shape index (κ2) is 12.3. The molecule has 31 heavy (non-hydrogen) atoms. The van der Waals surface area contributed by atoms with E-state index in [1.54, 1.807) is 41.8 Å². The van der Waals surface area contributed by atoms with Crippen LogP contribution in [0.4, 0.5) is 5.82 Å². The fraction of sp³-hybridized carbons (Fsp3) is 0.429. The van der Waals surface area contributed by atoms with Crippen molar-refractivity contribution >= 4 is 11.3 Å². The van der Waals surface area contributed by atoms with Crippen LogP contribution >= 0.6 is 0 Å². The van der Waals surface area contributed by atoms with Gasteiger partial charge < -0.3 is 24.7 Å². The third-order valence-corrected chi connectivity index (χ3v) is 4.43. The Kier molecular flexibility index (Phi) is 9.79. The van der Waals surface area contributed by atoms with Gasteiger partial charge in [0.25, 0.3) is 5.79 Å². The molecule has 0 aliphatic rings. The van der Waals surface area contributed by atoms with E-state index in [9.17, 15) is 0 Å². The summed E-state index contributed by atoms with van der Waals surface area (Å²) in [5, 5.41) is 4.28. The van der Waals surface area contributed by atoms with E-state index < -0.39 is 18.0 Å². The first kappa shape index (κ1) is 24.7. The number of nitrogens with two attached hydrogens (primary N) is 2. The number of nitrogen functional groups attached to an aromatic ring is 1. The average Bonchev–Trinajstić information content (AvgIpc) is 3.21. The molecule has 0 amide bonds. The van der Waals surface area contributed by atoms with Crippen LogP contribution in [0.3, 0.4) is 0 Å². The monoisotopic (exact) mass is 433 g/mol.